The van der Waals surface area contributed by atoms with Crippen molar-refractivity contribution in [3.8, 4) is 0 Å². The lowest BCUT2D eigenvalue weighted by Gasteiger charge is -2.41. The zero-order valence-corrected chi connectivity index (χ0v) is 17.8. The van der Waals surface area contributed by atoms with Crippen molar-refractivity contribution in [2.45, 2.75) is 25.2 Å². The summed E-state index contributed by atoms with van der Waals surface area (Å²) in [6.45, 7) is 5.26. The molecule has 7 heteroatoms. The van der Waals surface area contributed by atoms with Crippen LogP contribution in [0.5, 0.6) is 0 Å². The smallest absolute Gasteiger partial charge is 0.182 e. The van der Waals surface area contributed by atoms with E-state index in [1.165, 1.54) is 5.56 Å². The molecule has 0 radical (unpaired) electrons. The van der Waals surface area contributed by atoms with Crippen LogP contribution in [0.4, 0.5) is 10.9 Å². The van der Waals surface area contributed by atoms with E-state index >= 15 is 0 Å². The molecule has 1 aliphatic rings. The Morgan fingerprint density at radius 2 is 1.90 bits per heavy atom. The highest BCUT2D eigenvalue weighted by molar-refractivity contribution is 7.13. The predicted molar refractivity (Wildman–Crippen MR) is 118 cm³/mol. The largest absolute Gasteiger partial charge is 0.383 e. The lowest BCUT2D eigenvalue weighted by Crippen LogP contribution is -2.44. The van der Waals surface area contributed by atoms with E-state index in [4.69, 9.17) is 9.72 Å². The first kappa shape index (κ1) is 19.8. The molecule has 0 unspecified atom stereocenters. The van der Waals surface area contributed by atoms with Gasteiger partial charge < -0.3 is 15.0 Å². The summed E-state index contributed by atoms with van der Waals surface area (Å²) in [4.78, 5) is 7.30. The van der Waals surface area contributed by atoms with Crippen LogP contribution in [0.1, 0.15) is 29.8 Å². The number of aryl methyl sites for hydroxylation is 1. The van der Waals surface area contributed by atoms with Gasteiger partial charge in [-0.05, 0) is 37.5 Å². The van der Waals surface area contributed by atoms with Crippen LogP contribution in [-0.4, -0.2) is 48.5 Å². The van der Waals surface area contributed by atoms with E-state index in [9.17, 15) is 0 Å². The summed E-state index contributed by atoms with van der Waals surface area (Å²) in [6, 6.07) is 14.9. The zero-order chi connectivity index (χ0) is 20.1. The molecule has 0 bridgehead atoms. The highest BCUT2D eigenvalue weighted by atomic mass is 32.1. The third-order valence-electron chi connectivity index (χ3n) is 5.63. The van der Waals surface area contributed by atoms with Crippen LogP contribution in [-0.2, 0) is 10.2 Å². The van der Waals surface area contributed by atoms with Gasteiger partial charge in [0.15, 0.2) is 10.9 Å². The number of benzene rings is 1. The van der Waals surface area contributed by atoms with Crippen molar-refractivity contribution < 1.29 is 4.74 Å². The Kier molecular flexibility index (Phi) is 6.06. The minimum atomic E-state index is -0.0758. The SMILES string of the molecule is COCCNc1nc(C2(c3ccccc3)CCN(c3ccc(C)nn3)CC2)cs1. The average Bonchev–Trinajstić information content (AvgIpc) is 3.25. The first-order chi connectivity index (χ1) is 14.2. The number of ether oxygens (including phenoxy) is 1. The van der Waals surface area contributed by atoms with Gasteiger partial charge in [0.2, 0.25) is 0 Å². The van der Waals surface area contributed by atoms with E-state index in [1.807, 2.05) is 13.0 Å². The fourth-order valence-corrected chi connectivity index (χ4v) is 4.80. The standard InChI is InChI=1S/C22H27N5OS/c1-17-8-9-20(26-25-17)27-13-10-22(11-14-27,18-6-4-3-5-7-18)19-16-29-21(24-19)23-12-15-28-2/h3-9,16H,10-15H2,1-2H3,(H,23,24). The van der Waals surface area contributed by atoms with Gasteiger partial charge in [-0.25, -0.2) is 4.98 Å². The van der Waals surface area contributed by atoms with E-state index in [0.29, 0.717) is 6.61 Å². The van der Waals surface area contributed by atoms with Crippen LogP contribution < -0.4 is 10.2 Å². The number of nitrogens with zero attached hydrogens (tertiary/aromatic N) is 4. The normalized spacial score (nSPS) is 16.0. The van der Waals surface area contributed by atoms with Crippen molar-refractivity contribution in [3.63, 3.8) is 0 Å². The molecule has 0 aliphatic carbocycles. The second-order valence-electron chi connectivity index (χ2n) is 7.43. The molecule has 152 valence electrons. The minimum absolute atomic E-state index is 0.0758. The van der Waals surface area contributed by atoms with Crippen LogP contribution in [0.2, 0.25) is 0 Å². The lowest BCUT2D eigenvalue weighted by atomic mass is 9.70. The molecule has 1 aliphatic heterocycles. The number of methoxy groups -OCH3 is 1. The van der Waals surface area contributed by atoms with Gasteiger partial charge in [0.1, 0.15) is 0 Å². The van der Waals surface area contributed by atoms with Crippen molar-refractivity contribution >= 4 is 22.3 Å². The number of nitrogens with one attached hydrogen (secondary N) is 1. The maximum atomic E-state index is 5.13. The third kappa shape index (κ3) is 4.26. The molecular weight excluding hydrogens is 382 g/mol. The van der Waals surface area contributed by atoms with Crippen molar-refractivity contribution in [3.05, 3.63) is 64.8 Å². The summed E-state index contributed by atoms with van der Waals surface area (Å²) in [5, 5.41) is 15.1. The molecule has 4 rings (SSSR count). The Balaban J connectivity index is 1.58. The Morgan fingerprint density at radius 3 is 2.59 bits per heavy atom. The average molecular weight is 410 g/mol. The predicted octanol–water partition coefficient (Wildman–Crippen LogP) is 3.89. The van der Waals surface area contributed by atoms with Crippen LogP contribution in [0, 0.1) is 6.92 Å². The van der Waals surface area contributed by atoms with Crippen molar-refractivity contribution in [2.24, 2.45) is 0 Å². The molecule has 6 nitrogen and oxygen atoms in total. The van der Waals surface area contributed by atoms with Crippen LogP contribution in [0.15, 0.2) is 47.8 Å². The summed E-state index contributed by atoms with van der Waals surface area (Å²) in [5.74, 6) is 0.956. The van der Waals surface area contributed by atoms with E-state index in [0.717, 1.165) is 54.8 Å². The highest BCUT2D eigenvalue weighted by Crippen LogP contribution is 2.43. The second-order valence-corrected chi connectivity index (χ2v) is 8.28. The van der Waals surface area contributed by atoms with E-state index < -0.39 is 0 Å². The second kappa shape index (κ2) is 8.88. The van der Waals surface area contributed by atoms with Crippen molar-refractivity contribution in [1.82, 2.24) is 15.2 Å². The van der Waals surface area contributed by atoms with E-state index in [1.54, 1.807) is 18.4 Å². The topological polar surface area (TPSA) is 63.2 Å². The summed E-state index contributed by atoms with van der Waals surface area (Å²) in [6.07, 6.45) is 1.99. The molecule has 0 saturated carbocycles. The minimum Gasteiger partial charge on any atom is -0.383 e. The summed E-state index contributed by atoms with van der Waals surface area (Å²) < 4.78 is 5.13. The Morgan fingerprint density at radius 1 is 1.10 bits per heavy atom. The first-order valence-corrected chi connectivity index (χ1v) is 10.9. The van der Waals surface area contributed by atoms with Gasteiger partial charge in [-0.15, -0.1) is 16.4 Å². The molecule has 0 spiro atoms. The van der Waals surface area contributed by atoms with Crippen LogP contribution >= 0.6 is 11.3 Å². The van der Waals surface area contributed by atoms with Crippen LogP contribution in [0.3, 0.4) is 0 Å². The van der Waals surface area contributed by atoms with Gasteiger partial charge in [-0.1, -0.05) is 30.3 Å². The van der Waals surface area contributed by atoms with Gasteiger partial charge >= 0.3 is 0 Å². The van der Waals surface area contributed by atoms with Gasteiger partial charge in [-0.3, -0.25) is 0 Å². The molecule has 1 N–H and O–H groups in total. The Bertz CT molecular complexity index is 904. The first-order valence-electron chi connectivity index (χ1n) is 10.0. The van der Waals surface area contributed by atoms with Crippen LogP contribution in [0.25, 0.3) is 0 Å². The number of thiazole rings is 1. The molecule has 3 heterocycles. The fraction of sp³-hybridized carbons (Fsp3) is 0.409. The molecule has 0 amide bonds. The number of hydrogen-bond acceptors (Lipinski definition) is 7. The molecule has 0 atom stereocenters. The number of rotatable bonds is 7. The number of piperidine rings is 1. The lowest BCUT2D eigenvalue weighted by molar-refractivity contribution is 0.211. The summed E-state index contributed by atoms with van der Waals surface area (Å²) in [5.41, 5.74) is 3.36. The number of anilines is 2. The third-order valence-corrected chi connectivity index (χ3v) is 6.43. The van der Waals surface area contributed by atoms with Crippen molar-refractivity contribution in [1.29, 1.82) is 0 Å². The van der Waals surface area contributed by atoms with Gasteiger partial charge in [0.25, 0.3) is 0 Å². The molecule has 2 aromatic heterocycles. The number of hydrogen-bond donors (Lipinski definition) is 1. The van der Waals surface area contributed by atoms with E-state index in [2.05, 4.69) is 62.2 Å². The molecule has 1 aromatic carbocycles. The number of aromatic nitrogens is 3. The Hall–Kier alpha value is -2.51. The maximum absolute atomic E-state index is 5.13. The van der Waals surface area contributed by atoms with Gasteiger partial charge in [0.05, 0.1) is 18.0 Å². The molecule has 1 saturated heterocycles. The van der Waals surface area contributed by atoms with Gasteiger partial charge in [-0.2, -0.15) is 5.10 Å². The van der Waals surface area contributed by atoms with Gasteiger partial charge in [0, 0.05) is 37.5 Å². The summed E-state index contributed by atoms with van der Waals surface area (Å²) >= 11 is 1.67. The monoisotopic (exact) mass is 409 g/mol. The van der Waals surface area contributed by atoms with Crippen molar-refractivity contribution in [2.75, 3.05) is 43.6 Å². The van der Waals surface area contributed by atoms with E-state index in [-0.39, 0.29) is 5.41 Å². The quantitative estimate of drug-likeness (QED) is 0.598. The fourth-order valence-electron chi connectivity index (χ4n) is 3.96. The maximum Gasteiger partial charge on any atom is 0.182 e. The molecule has 29 heavy (non-hydrogen) atoms. The zero-order valence-electron chi connectivity index (χ0n) is 17.0. The Labute approximate surface area is 176 Å². The molecular formula is C22H27N5OS. The highest BCUT2D eigenvalue weighted by Gasteiger charge is 2.40. The summed E-state index contributed by atoms with van der Waals surface area (Å²) in [7, 11) is 1.71. The molecule has 3 aromatic rings. The molecule has 1 fully saturated rings.